The Balaban J connectivity index is 0.00000235. The van der Waals surface area contributed by atoms with Crippen LogP contribution in [0.1, 0.15) is 55.4 Å². The number of aryl methyl sites for hydroxylation is 1. The molecule has 7 heteroatoms. The average molecular weight is 515 g/mol. The maximum Gasteiger partial charge on any atom is 0.209 e. The van der Waals surface area contributed by atoms with Crippen molar-refractivity contribution in [3.05, 3.63) is 46.5 Å². The van der Waals surface area contributed by atoms with Crippen LogP contribution in [-0.4, -0.2) is 77.9 Å². The first-order valence-electron chi connectivity index (χ1n) is 13.3. The molecule has 0 aliphatic heterocycles. The number of amides is 1. The average Bonchev–Trinajstić information content (AvgIpc) is 2.93. The number of carbonyl (C=O) groups excluding carboxylic acids is 1. The minimum absolute atomic E-state index is 0.509. The number of carbonyl (C=O) groups is 1. The molecule has 0 heterocycles. The van der Waals surface area contributed by atoms with Gasteiger partial charge >= 0.3 is 0 Å². The lowest BCUT2D eigenvalue weighted by Gasteiger charge is -2.34. The van der Waals surface area contributed by atoms with Crippen LogP contribution in [0.5, 0.6) is 23.0 Å². The van der Waals surface area contributed by atoms with Crippen molar-refractivity contribution in [2.75, 3.05) is 61.7 Å². The second-order valence-electron chi connectivity index (χ2n) is 9.14. The summed E-state index contributed by atoms with van der Waals surface area (Å²) in [6, 6.07) is 8.28. The minimum Gasteiger partial charge on any atom is -0.493 e. The first-order chi connectivity index (χ1) is 18.0. The molecule has 37 heavy (non-hydrogen) atoms. The fraction of sp³-hybridized carbons (Fsp3) is 0.567. The topological polar surface area (TPSA) is 60.5 Å². The number of hydrogen-bond donors (Lipinski definition) is 0. The van der Waals surface area contributed by atoms with Crippen molar-refractivity contribution in [3.63, 3.8) is 0 Å². The Kier molecular flexibility index (Phi) is 12.6. The van der Waals surface area contributed by atoms with E-state index in [1.54, 1.807) is 28.4 Å². The summed E-state index contributed by atoms with van der Waals surface area (Å²) in [6.07, 6.45) is 4.67. The molecule has 1 unspecified atom stereocenters. The third kappa shape index (κ3) is 7.78. The summed E-state index contributed by atoms with van der Waals surface area (Å²) in [5, 5.41) is 0. The van der Waals surface area contributed by atoms with Crippen LogP contribution in [0, 0.1) is 0 Å². The van der Waals surface area contributed by atoms with Gasteiger partial charge in [0.25, 0.3) is 0 Å². The molecule has 0 spiro atoms. The van der Waals surface area contributed by atoms with E-state index < -0.39 is 0 Å². The maximum absolute atomic E-state index is 11.7. The van der Waals surface area contributed by atoms with Gasteiger partial charge in [0, 0.05) is 25.6 Å². The molecule has 2 aromatic carbocycles. The highest BCUT2D eigenvalue weighted by atomic mass is 16.5. The van der Waals surface area contributed by atoms with Crippen LogP contribution in [0.2, 0.25) is 0 Å². The van der Waals surface area contributed by atoms with Gasteiger partial charge in [-0.05, 0) is 85.8 Å². The zero-order valence-corrected chi connectivity index (χ0v) is 24.1. The molecule has 7 nitrogen and oxygen atoms in total. The Morgan fingerprint density at radius 2 is 1.41 bits per heavy atom. The first-order valence-corrected chi connectivity index (χ1v) is 13.3. The molecule has 0 fully saturated rings. The fourth-order valence-corrected chi connectivity index (χ4v) is 4.92. The van der Waals surface area contributed by atoms with Crippen LogP contribution in [0.4, 0.5) is 0 Å². The highest BCUT2D eigenvalue weighted by Crippen LogP contribution is 2.42. The minimum atomic E-state index is 0.509. The van der Waals surface area contributed by atoms with Crippen molar-refractivity contribution in [1.82, 2.24) is 9.80 Å². The van der Waals surface area contributed by atoms with Crippen LogP contribution >= 0.6 is 0 Å². The molecular formula is C30H46N2O5. The first kappa shape index (κ1) is 30.3. The van der Waals surface area contributed by atoms with Gasteiger partial charge in [-0.1, -0.05) is 20.8 Å². The molecule has 0 bridgehead atoms. The molecule has 1 amide bonds. The largest absolute Gasteiger partial charge is 0.493 e. The van der Waals surface area contributed by atoms with E-state index in [0.29, 0.717) is 12.5 Å². The molecule has 0 aromatic heterocycles. The number of benzene rings is 2. The number of rotatable bonds is 15. The third-order valence-electron chi connectivity index (χ3n) is 6.97. The molecule has 206 valence electrons. The van der Waals surface area contributed by atoms with Gasteiger partial charge in [0.15, 0.2) is 23.0 Å². The van der Waals surface area contributed by atoms with Crippen molar-refractivity contribution in [3.8, 4) is 23.0 Å². The summed E-state index contributed by atoms with van der Waals surface area (Å²) >= 11 is 0. The second-order valence-corrected chi connectivity index (χ2v) is 9.14. The van der Waals surface area contributed by atoms with Crippen LogP contribution in [0.25, 0.3) is 0 Å². The zero-order valence-electron chi connectivity index (χ0n) is 24.1. The molecule has 3 rings (SSSR count). The van der Waals surface area contributed by atoms with Crippen molar-refractivity contribution in [1.29, 1.82) is 0 Å². The Labute approximate surface area is 223 Å². The van der Waals surface area contributed by atoms with E-state index >= 15 is 0 Å². The van der Waals surface area contributed by atoms with E-state index in [2.05, 4.69) is 31.0 Å². The summed E-state index contributed by atoms with van der Waals surface area (Å²) in [6.45, 7) is 9.50. The van der Waals surface area contributed by atoms with Gasteiger partial charge in [-0.15, -0.1) is 0 Å². The summed E-state index contributed by atoms with van der Waals surface area (Å²) < 4.78 is 21.8. The highest BCUT2D eigenvalue weighted by molar-refractivity contribution is 5.53. The number of nitrogens with zero attached hydrogens (tertiary/aromatic N) is 2. The summed E-state index contributed by atoms with van der Waals surface area (Å²) in [4.78, 5) is 15.9. The lowest BCUT2D eigenvalue weighted by atomic mass is 9.77. The molecule has 0 saturated heterocycles. The number of fused-ring (bicyclic) bond motifs is 1. The van der Waals surface area contributed by atoms with Gasteiger partial charge in [-0.3, -0.25) is 4.79 Å². The van der Waals surface area contributed by atoms with Crippen molar-refractivity contribution in [2.24, 2.45) is 0 Å². The predicted octanol–water partition coefficient (Wildman–Crippen LogP) is 4.97. The van der Waals surface area contributed by atoms with Gasteiger partial charge in [0.2, 0.25) is 6.41 Å². The fourth-order valence-electron chi connectivity index (χ4n) is 4.92. The van der Waals surface area contributed by atoms with Gasteiger partial charge in [-0.2, -0.15) is 0 Å². The Morgan fingerprint density at radius 3 is 1.97 bits per heavy atom. The SMILES string of the molecule is CC.CCc1cc(OC)c(OC)cc1CCN(C=O)CCCN(C)CC1Cc2cc(OC)c(OC)cc21. The summed E-state index contributed by atoms with van der Waals surface area (Å²) in [5.74, 6) is 3.57. The van der Waals surface area contributed by atoms with Crippen LogP contribution in [0.15, 0.2) is 24.3 Å². The van der Waals surface area contributed by atoms with E-state index in [4.69, 9.17) is 18.9 Å². The van der Waals surface area contributed by atoms with Gasteiger partial charge in [-0.25, -0.2) is 0 Å². The molecule has 0 N–H and O–H groups in total. The molecule has 0 saturated carbocycles. The molecule has 1 aliphatic rings. The number of methoxy groups -OCH3 is 4. The van der Waals surface area contributed by atoms with E-state index in [1.807, 2.05) is 30.9 Å². The highest BCUT2D eigenvalue weighted by Gasteiger charge is 2.29. The van der Waals surface area contributed by atoms with Crippen molar-refractivity contribution in [2.45, 2.75) is 52.4 Å². The predicted molar refractivity (Wildman–Crippen MR) is 150 cm³/mol. The monoisotopic (exact) mass is 514 g/mol. The molecule has 1 aliphatic carbocycles. The van der Waals surface area contributed by atoms with Crippen molar-refractivity contribution >= 4 is 6.41 Å². The summed E-state index contributed by atoms with van der Waals surface area (Å²) in [7, 11) is 8.81. The van der Waals surface area contributed by atoms with Crippen LogP contribution in [0.3, 0.4) is 0 Å². The van der Waals surface area contributed by atoms with Crippen LogP contribution in [-0.2, 0) is 24.1 Å². The number of likely N-dealkylation sites (N-methyl/N-ethyl adjacent to an activating group) is 1. The van der Waals surface area contributed by atoms with E-state index in [9.17, 15) is 4.79 Å². The van der Waals surface area contributed by atoms with Gasteiger partial charge < -0.3 is 28.7 Å². The Bertz CT molecular complexity index is 994. The summed E-state index contributed by atoms with van der Waals surface area (Å²) in [5.41, 5.74) is 5.12. The quantitative estimate of drug-likeness (QED) is 0.313. The van der Waals surface area contributed by atoms with Gasteiger partial charge in [0.1, 0.15) is 0 Å². The Hall–Kier alpha value is -2.93. The molecule has 2 aromatic rings. The smallest absolute Gasteiger partial charge is 0.209 e. The zero-order chi connectivity index (χ0) is 27.4. The lowest BCUT2D eigenvalue weighted by Crippen LogP contribution is -2.33. The second kappa shape index (κ2) is 15.4. The Morgan fingerprint density at radius 1 is 0.838 bits per heavy atom. The number of hydrogen-bond acceptors (Lipinski definition) is 6. The standard InChI is InChI=1S/C28H40N2O5.C2H6/c1-7-20-14-25(32-3)26(33-4)15-21(20)9-12-30(19-31)11-8-10-29(2)18-23-13-22-16-27(34-5)28(35-6)17-24(22)23;1-2/h14-17,19,23H,7-13,18H2,1-6H3;1-2H3. The third-order valence-corrected chi connectivity index (χ3v) is 6.97. The normalized spacial score (nSPS) is 13.6. The maximum atomic E-state index is 11.7. The van der Waals surface area contributed by atoms with Crippen LogP contribution < -0.4 is 18.9 Å². The molecule has 0 radical (unpaired) electrons. The van der Waals surface area contributed by atoms with Gasteiger partial charge in [0.05, 0.1) is 28.4 Å². The van der Waals surface area contributed by atoms with E-state index in [0.717, 1.165) is 74.7 Å². The lowest BCUT2D eigenvalue weighted by molar-refractivity contribution is -0.118. The molecule has 1 atom stereocenters. The van der Waals surface area contributed by atoms with E-state index in [-0.39, 0.29) is 0 Å². The van der Waals surface area contributed by atoms with Crippen molar-refractivity contribution < 1.29 is 23.7 Å². The van der Waals surface area contributed by atoms with E-state index in [1.165, 1.54) is 22.3 Å². The number of ether oxygens (including phenoxy) is 4. The molecular weight excluding hydrogens is 468 g/mol.